The molecule has 5 amide bonds. The minimum absolute atomic E-state index is 0.00755. The highest BCUT2D eigenvalue weighted by atomic mass is 16.6. The van der Waals surface area contributed by atoms with E-state index in [0.29, 0.717) is 58.0 Å². The van der Waals surface area contributed by atoms with E-state index in [-0.39, 0.29) is 53.9 Å². The summed E-state index contributed by atoms with van der Waals surface area (Å²) in [4.78, 5) is 79.5. The van der Waals surface area contributed by atoms with Gasteiger partial charge in [-0.2, -0.15) is 0 Å². The highest BCUT2D eigenvalue weighted by molar-refractivity contribution is 5.89. The van der Waals surface area contributed by atoms with Gasteiger partial charge in [-0.3, -0.25) is 19.2 Å². The molecule has 3 aromatic rings. The maximum absolute atomic E-state index is 13.9. The maximum atomic E-state index is 13.9. The summed E-state index contributed by atoms with van der Waals surface area (Å²) < 4.78 is 11.0. The van der Waals surface area contributed by atoms with Gasteiger partial charge in [0.1, 0.15) is 23.3 Å². The average molecular weight is 927 g/mol. The first kappa shape index (κ1) is 54.1. The fraction of sp³-hybridized carbons (Fsp3) is 0.585. The molecule has 0 unspecified atom stereocenters. The number of carbonyl (C=O) groups is 6. The molecule has 0 saturated heterocycles. The topological polar surface area (TPSA) is 207 Å². The smallest absolute Gasteiger partial charge is 0.329 e. The summed E-state index contributed by atoms with van der Waals surface area (Å²) in [6.07, 6.45) is 5.44. The number of urea groups is 1. The Kier molecular flexibility index (Phi) is 20.2. The van der Waals surface area contributed by atoms with Crippen LogP contribution in [0.2, 0.25) is 0 Å². The van der Waals surface area contributed by atoms with E-state index in [2.05, 4.69) is 32.7 Å². The quantitative estimate of drug-likeness (QED) is 0.0472. The molecule has 0 aliphatic heterocycles. The molecule has 3 aromatic carbocycles. The van der Waals surface area contributed by atoms with Gasteiger partial charge in [0.2, 0.25) is 17.7 Å². The Bertz CT molecular complexity index is 2100. The maximum Gasteiger partial charge on any atom is 0.329 e. The Balaban J connectivity index is 1.31. The predicted octanol–water partition coefficient (Wildman–Crippen LogP) is 7.19. The lowest BCUT2D eigenvalue weighted by atomic mass is 9.81. The minimum Gasteiger partial charge on any atom is -0.460 e. The summed E-state index contributed by atoms with van der Waals surface area (Å²) in [6.45, 7) is 17.4. The lowest BCUT2D eigenvalue weighted by Crippen LogP contribution is -2.53. The van der Waals surface area contributed by atoms with Crippen LogP contribution in [0, 0.1) is 17.3 Å². The largest absolute Gasteiger partial charge is 0.460 e. The molecule has 1 fully saturated rings. The van der Waals surface area contributed by atoms with Gasteiger partial charge in [-0.1, -0.05) is 93.6 Å². The molecule has 14 nitrogen and oxygen atoms in total. The van der Waals surface area contributed by atoms with Crippen LogP contribution in [0.4, 0.5) is 4.79 Å². The number of nitrogens with two attached hydrogens (primary N) is 1. The SMILES string of the molecule is CC(C)(C)OC(=O)CC[C@H](NC(=O)N[C@@H](CCCCNC(=O)[C@H](Cc1ccc2ccccc2c1)NC(=O)C1CCC(CNC(=O)[C@@H](N)Cc2ccccc2)CC1)C(C)(C)C)C(=O)OC(C)(C)C. The summed E-state index contributed by atoms with van der Waals surface area (Å²) in [5.41, 5.74) is 6.29. The van der Waals surface area contributed by atoms with E-state index in [1.54, 1.807) is 41.5 Å². The number of fused-ring (bicyclic) bond motifs is 1. The molecule has 1 saturated carbocycles. The molecule has 1 aliphatic carbocycles. The highest BCUT2D eigenvalue weighted by Gasteiger charge is 2.33. The molecule has 67 heavy (non-hydrogen) atoms. The van der Waals surface area contributed by atoms with Crippen LogP contribution in [0.15, 0.2) is 72.8 Å². The fourth-order valence-corrected chi connectivity index (χ4v) is 8.23. The van der Waals surface area contributed by atoms with Crippen molar-refractivity contribution in [2.45, 2.75) is 168 Å². The van der Waals surface area contributed by atoms with Gasteiger partial charge in [0.05, 0.1) is 6.04 Å². The zero-order valence-corrected chi connectivity index (χ0v) is 41.4. The molecule has 0 radical (unpaired) electrons. The normalized spacial score (nSPS) is 17.2. The Morgan fingerprint density at radius 3 is 1.93 bits per heavy atom. The van der Waals surface area contributed by atoms with Crippen molar-refractivity contribution in [3.8, 4) is 0 Å². The first-order chi connectivity index (χ1) is 31.5. The molecule has 0 spiro atoms. The lowest BCUT2D eigenvalue weighted by molar-refractivity contribution is -0.158. The van der Waals surface area contributed by atoms with Crippen LogP contribution in [0.5, 0.6) is 0 Å². The molecule has 0 bridgehead atoms. The molecule has 4 atom stereocenters. The van der Waals surface area contributed by atoms with E-state index in [0.717, 1.165) is 34.7 Å². The second-order valence-corrected chi connectivity index (χ2v) is 21.2. The molecule has 0 aromatic heterocycles. The van der Waals surface area contributed by atoms with E-state index in [4.69, 9.17) is 15.2 Å². The standard InChI is InChI=1S/C53H78N6O8/c1-51(2,3)44(59-50(65)58-42(49(64)67-53(7,8)9)28-29-45(60)66-52(4,5)6)21-15-16-30-55-48(63)43(33-37-24-25-38-19-13-14-20-40(38)31-37)57-46(61)39-26-22-36(23-27-39)34-56-47(62)41(54)32-35-17-11-10-12-18-35/h10-14,17-20,24-25,31,36,39,41-44H,15-16,21-23,26-30,32-34,54H2,1-9H3,(H,55,63)(H,56,62)(H,57,61)(H2,58,59,65)/t36?,39?,41-,42-,43-,44-/m0/s1. The van der Waals surface area contributed by atoms with Crippen LogP contribution in [0.1, 0.15) is 131 Å². The van der Waals surface area contributed by atoms with Crippen LogP contribution < -0.4 is 32.3 Å². The van der Waals surface area contributed by atoms with E-state index < -0.39 is 47.3 Å². The number of unbranched alkanes of at least 4 members (excludes halogenated alkanes) is 1. The molecular formula is C53H78N6O8. The molecule has 0 heterocycles. The number of benzene rings is 3. The second kappa shape index (κ2) is 25.0. The van der Waals surface area contributed by atoms with Crippen molar-refractivity contribution in [1.82, 2.24) is 26.6 Å². The summed E-state index contributed by atoms with van der Waals surface area (Å²) in [6, 6.07) is 20.4. The van der Waals surface area contributed by atoms with Gasteiger partial charge >= 0.3 is 18.0 Å². The predicted molar refractivity (Wildman–Crippen MR) is 263 cm³/mol. The third-order valence-corrected chi connectivity index (χ3v) is 11.9. The van der Waals surface area contributed by atoms with Crippen LogP contribution in [0.3, 0.4) is 0 Å². The third kappa shape index (κ3) is 19.7. The number of amides is 5. The molecule has 1 aliphatic rings. The lowest BCUT2D eigenvalue weighted by Gasteiger charge is -2.32. The number of carbonyl (C=O) groups excluding carboxylic acids is 6. The van der Waals surface area contributed by atoms with Gasteiger partial charge in [0.15, 0.2) is 0 Å². The first-order valence-corrected chi connectivity index (χ1v) is 24.1. The number of hydrogen-bond donors (Lipinski definition) is 6. The van der Waals surface area contributed by atoms with Crippen LogP contribution in [-0.2, 0) is 46.3 Å². The first-order valence-electron chi connectivity index (χ1n) is 24.1. The number of hydrogen-bond acceptors (Lipinski definition) is 9. The fourth-order valence-electron chi connectivity index (χ4n) is 8.23. The van der Waals surface area contributed by atoms with E-state index in [1.165, 1.54) is 0 Å². The van der Waals surface area contributed by atoms with Crippen molar-refractivity contribution >= 4 is 46.5 Å². The summed E-state index contributed by atoms with van der Waals surface area (Å²) in [7, 11) is 0. The molecule has 4 rings (SSSR count). The second-order valence-electron chi connectivity index (χ2n) is 21.2. The van der Waals surface area contributed by atoms with Crippen molar-refractivity contribution in [3.05, 3.63) is 83.9 Å². The van der Waals surface area contributed by atoms with Gasteiger partial charge < -0.3 is 41.8 Å². The van der Waals surface area contributed by atoms with Crippen molar-refractivity contribution in [2.75, 3.05) is 13.1 Å². The van der Waals surface area contributed by atoms with Crippen molar-refractivity contribution in [3.63, 3.8) is 0 Å². The monoisotopic (exact) mass is 927 g/mol. The third-order valence-electron chi connectivity index (χ3n) is 11.9. The Hall–Kier alpha value is -5.50. The molecule has 368 valence electrons. The number of ether oxygens (including phenoxy) is 2. The van der Waals surface area contributed by atoms with Crippen molar-refractivity contribution < 1.29 is 38.2 Å². The minimum atomic E-state index is -1.07. The summed E-state index contributed by atoms with van der Waals surface area (Å²) in [5, 5.41) is 17.1. The number of nitrogens with one attached hydrogen (secondary N) is 5. The number of rotatable bonds is 21. The van der Waals surface area contributed by atoms with Crippen LogP contribution >= 0.6 is 0 Å². The van der Waals surface area contributed by atoms with Gasteiger partial charge in [0.25, 0.3) is 0 Å². The molecular weight excluding hydrogens is 849 g/mol. The van der Waals surface area contributed by atoms with E-state index >= 15 is 0 Å². The zero-order chi connectivity index (χ0) is 49.4. The van der Waals surface area contributed by atoms with Gasteiger partial charge in [0, 0.05) is 37.9 Å². The Labute approximate surface area is 398 Å². The summed E-state index contributed by atoms with van der Waals surface area (Å²) >= 11 is 0. The average Bonchev–Trinajstić information content (AvgIpc) is 3.25. The van der Waals surface area contributed by atoms with Crippen LogP contribution in [0.25, 0.3) is 10.8 Å². The molecule has 7 N–H and O–H groups in total. The van der Waals surface area contributed by atoms with E-state index in [1.807, 2.05) is 87.5 Å². The zero-order valence-electron chi connectivity index (χ0n) is 41.4. The van der Waals surface area contributed by atoms with Crippen molar-refractivity contribution in [1.29, 1.82) is 0 Å². The van der Waals surface area contributed by atoms with E-state index in [9.17, 15) is 28.8 Å². The summed E-state index contributed by atoms with van der Waals surface area (Å²) in [5.74, 6) is -1.73. The van der Waals surface area contributed by atoms with Crippen molar-refractivity contribution in [2.24, 2.45) is 23.0 Å². The molecule has 14 heteroatoms. The Morgan fingerprint density at radius 2 is 1.28 bits per heavy atom. The number of esters is 2. The van der Waals surface area contributed by atoms with Gasteiger partial charge in [-0.15, -0.1) is 0 Å². The van der Waals surface area contributed by atoms with Gasteiger partial charge in [-0.25, -0.2) is 9.59 Å². The van der Waals surface area contributed by atoms with Crippen LogP contribution in [-0.4, -0.2) is 84.2 Å². The van der Waals surface area contributed by atoms with Gasteiger partial charge in [-0.05, 0) is 133 Å². The highest BCUT2D eigenvalue weighted by Crippen LogP contribution is 2.29. The Morgan fingerprint density at radius 1 is 0.642 bits per heavy atom.